The Kier molecular flexibility index (Phi) is 6.64. The molecule has 1 fully saturated rings. The number of carbonyl (C=O) groups excluding carboxylic acids is 1. The van der Waals surface area contributed by atoms with Crippen LogP contribution < -0.4 is 14.8 Å². The summed E-state index contributed by atoms with van der Waals surface area (Å²) < 4.78 is 11.1. The van der Waals surface area contributed by atoms with Gasteiger partial charge in [0.2, 0.25) is 5.75 Å². The first-order chi connectivity index (χ1) is 13.9. The number of hydrogen-bond donors (Lipinski definition) is 2. The zero-order valence-electron chi connectivity index (χ0n) is 17.4. The van der Waals surface area contributed by atoms with E-state index in [-0.39, 0.29) is 22.9 Å². The quantitative estimate of drug-likeness (QED) is 0.711. The number of rotatable bonds is 8. The summed E-state index contributed by atoms with van der Waals surface area (Å²) in [5.74, 6) is 0.206. The highest BCUT2D eigenvalue weighted by Crippen LogP contribution is 2.38. The molecular weight excluding hydrogens is 368 g/mol. The molecule has 0 bridgehead atoms. The summed E-state index contributed by atoms with van der Waals surface area (Å²) in [7, 11) is 5.61. The smallest absolute Gasteiger partial charge is 0.251 e. The monoisotopic (exact) mass is 398 g/mol. The molecule has 0 saturated heterocycles. The van der Waals surface area contributed by atoms with E-state index in [1.165, 1.54) is 26.0 Å². The molecule has 3 rings (SSSR count). The van der Waals surface area contributed by atoms with Gasteiger partial charge in [-0.3, -0.25) is 4.79 Å². The molecule has 1 saturated carbocycles. The van der Waals surface area contributed by atoms with E-state index >= 15 is 0 Å². The van der Waals surface area contributed by atoms with Crippen molar-refractivity contribution in [3.05, 3.63) is 53.6 Å². The van der Waals surface area contributed by atoms with Crippen molar-refractivity contribution in [3.8, 4) is 17.2 Å². The van der Waals surface area contributed by atoms with Crippen molar-refractivity contribution < 1.29 is 19.4 Å². The summed E-state index contributed by atoms with van der Waals surface area (Å²) >= 11 is 0. The van der Waals surface area contributed by atoms with E-state index in [2.05, 4.69) is 24.3 Å². The molecule has 0 spiro atoms. The highest BCUT2D eigenvalue weighted by molar-refractivity contribution is 5.95. The van der Waals surface area contributed by atoms with Crippen molar-refractivity contribution in [2.24, 2.45) is 0 Å². The maximum atomic E-state index is 12.7. The lowest BCUT2D eigenvalue weighted by molar-refractivity contribution is 0.0899. The van der Waals surface area contributed by atoms with E-state index in [0.717, 1.165) is 18.4 Å². The third-order valence-corrected chi connectivity index (χ3v) is 5.80. The van der Waals surface area contributed by atoms with Crippen molar-refractivity contribution in [2.75, 3.05) is 27.7 Å². The second-order valence-electron chi connectivity index (χ2n) is 7.81. The molecule has 6 nitrogen and oxygen atoms in total. The Hall–Kier alpha value is -2.73. The maximum absolute atomic E-state index is 12.7. The van der Waals surface area contributed by atoms with Crippen molar-refractivity contribution in [3.63, 3.8) is 0 Å². The van der Waals surface area contributed by atoms with Gasteiger partial charge in [0.25, 0.3) is 5.91 Å². The van der Waals surface area contributed by atoms with Crippen LogP contribution in [0.4, 0.5) is 0 Å². The first kappa shape index (κ1) is 21.0. The van der Waals surface area contributed by atoms with Crippen molar-refractivity contribution in [1.82, 2.24) is 10.2 Å². The molecule has 2 aromatic carbocycles. The standard InChI is InChI=1S/C23H30N2O4/c1-25(2)23(11-7-8-12-23)16-24-22(27)18-13-19(26)21(20(14-18)28-3)29-15-17-9-5-4-6-10-17/h4-6,9-10,13-14,26H,7-8,11-12,15-16H2,1-3H3,(H,24,27). The molecule has 1 aliphatic carbocycles. The number of likely N-dealkylation sites (N-methyl/N-ethyl adjacent to an activating group) is 1. The van der Waals surface area contributed by atoms with E-state index in [9.17, 15) is 9.90 Å². The predicted molar refractivity (Wildman–Crippen MR) is 113 cm³/mol. The van der Waals surface area contributed by atoms with Crippen LogP contribution in [0.1, 0.15) is 41.6 Å². The minimum atomic E-state index is -0.235. The summed E-state index contributed by atoms with van der Waals surface area (Å²) in [6.07, 6.45) is 4.49. The largest absolute Gasteiger partial charge is 0.504 e. The number of amides is 1. The Labute approximate surface area is 172 Å². The number of nitrogens with zero attached hydrogens (tertiary/aromatic N) is 1. The summed E-state index contributed by atoms with van der Waals surface area (Å²) in [5.41, 5.74) is 1.32. The number of benzene rings is 2. The number of aromatic hydroxyl groups is 1. The average Bonchev–Trinajstić information content (AvgIpc) is 3.22. The third-order valence-electron chi connectivity index (χ3n) is 5.80. The van der Waals surface area contributed by atoms with E-state index < -0.39 is 0 Å². The zero-order valence-corrected chi connectivity index (χ0v) is 17.4. The van der Waals surface area contributed by atoms with Crippen LogP contribution in [0.2, 0.25) is 0 Å². The van der Waals surface area contributed by atoms with Gasteiger partial charge in [0.05, 0.1) is 7.11 Å². The molecule has 0 radical (unpaired) electrons. The van der Waals surface area contributed by atoms with Crippen molar-refractivity contribution >= 4 is 5.91 Å². The Morgan fingerprint density at radius 2 is 1.86 bits per heavy atom. The van der Waals surface area contributed by atoms with Crippen LogP contribution >= 0.6 is 0 Å². The Morgan fingerprint density at radius 1 is 1.17 bits per heavy atom. The predicted octanol–water partition coefficient (Wildman–Crippen LogP) is 3.58. The van der Waals surface area contributed by atoms with Gasteiger partial charge in [-0.25, -0.2) is 0 Å². The molecule has 156 valence electrons. The number of phenolic OH excluding ortho intramolecular Hbond substituents is 1. The molecule has 0 heterocycles. The minimum absolute atomic E-state index is 0.000522. The molecule has 0 atom stereocenters. The molecule has 0 unspecified atom stereocenters. The van der Waals surface area contributed by atoms with Crippen LogP contribution in [0, 0.1) is 0 Å². The van der Waals surface area contributed by atoms with Gasteiger partial charge < -0.3 is 24.8 Å². The highest BCUT2D eigenvalue weighted by atomic mass is 16.5. The summed E-state index contributed by atoms with van der Waals surface area (Å²) in [4.78, 5) is 14.9. The molecule has 2 aromatic rings. The van der Waals surface area contributed by atoms with Gasteiger partial charge in [-0.1, -0.05) is 43.2 Å². The van der Waals surface area contributed by atoms with Gasteiger partial charge in [0, 0.05) is 17.6 Å². The molecule has 0 aliphatic heterocycles. The van der Waals surface area contributed by atoms with Crippen LogP contribution in [0.25, 0.3) is 0 Å². The Morgan fingerprint density at radius 3 is 2.48 bits per heavy atom. The minimum Gasteiger partial charge on any atom is -0.504 e. The van der Waals surface area contributed by atoms with Crippen LogP contribution in [0.5, 0.6) is 17.2 Å². The second kappa shape index (κ2) is 9.18. The molecule has 1 amide bonds. The lowest BCUT2D eigenvalue weighted by Crippen LogP contribution is -2.50. The van der Waals surface area contributed by atoms with Gasteiger partial charge in [0.15, 0.2) is 11.5 Å². The first-order valence-electron chi connectivity index (χ1n) is 9.98. The van der Waals surface area contributed by atoms with E-state index in [1.54, 1.807) is 6.07 Å². The van der Waals surface area contributed by atoms with Crippen molar-refractivity contribution in [1.29, 1.82) is 0 Å². The molecule has 6 heteroatoms. The summed E-state index contributed by atoms with van der Waals surface area (Å²) in [6.45, 7) is 0.871. The Balaban J connectivity index is 1.71. The maximum Gasteiger partial charge on any atom is 0.251 e. The molecule has 1 aliphatic rings. The SMILES string of the molecule is COc1cc(C(=O)NCC2(N(C)C)CCCC2)cc(O)c1OCc1ccccc1. The van der Waals surface area contributed by atoms with Crippen molar-refractivity contribution in [2.45, 2.75) is 37.8 Å². The molecular formula is C23H30N2O4. The molecule has 0 aromatic heterocycles. The van der Waals surface area contributed by atoms with Crippen LogP contribution in [0.3, 0.4) is 0 Å². The van der Waals surface area contributed by atoms with Crippen LogP contribution in [-0.4, -0.2) is 49.2 Å². The summed E-state index contributed by atoms with van der Waals surface area (Å²) in [5, 5.41) is 13.5. The fourth-order valence-corrected chi connectivity index (χ4v) is 3.91. The number of nitrogens with one attached hydrogen (secondary N) is 1. The van der Waals surface area contributed by atoms with Gasteiger partial charge >= 0.3 is 0 Å². The van der Waals surface area contributed by atoms with Gasteiger partial charge in [-0.15, -0.1) is 0 Å². The highest BCUT2D eigenvalue weighted by Gasteiger charge is 2.36. The number of ether oxygens (including phenoxy) is 2. The van der Waals surface area contributed by atoms with Crippen LogP contribution in [-0.2, 0) is 6.61 Å². The lowest BCUT2D eigenvalue weighted by Gasteiger charge is -2.36. The number of carbonyl (C=O) groups is 1. The molecule has 2 N–H and O–H groups in total. The van der Waals surface area contributed by atoms with Gasteiger partial charge in [0.1, 0.15) is 6.61 Å². The first-order valence-corrected chi connectivity index (χ1v) is 9.98. The Bertz CT molecular complexity index is 830. The number of phenols is 1. The topological polar surface area (TPSA) is 71.0 Å². The van der Waals surface area contributed by atoms with E-state index in [1.807, 2.05) is 30.3 Å². The van der Waals surface area contributed by atoms with E-state index in [4.69, 9.17) is 9.47 Å². The average molecular weight is 399 g/mol. The van der Waals surface area contributed by atoms with E-state index in [0.29, 0.717) is 24.5 Å². The summed E-state index contributed by atoms with van der Waals surface area (Å²) in [6, 6.07) is 12.7. The normalized spacial score (nSPS) is 15.3. The number of hydrogen-bond acceptors (Lipinski definition) is 5. The van der Waals surface area contributed by atoms with Gasteiger partial charge in [-0.2, -0.15) is 0 Å². The lowest BCUT2D eigenvalue weighted by atomic mass is 9.96. The number of methoxy groups -OCH3 is 1. The fraction of sp³-hybridized carbons (Fsp3) is 0.435. The molecule has 29 heavy (non-hydrogen) atoms. The van der Waals surface area contributed by atoms with Crippen LogP contribution in [0.15, 0.2) is 42.5 Å². The van der Waals surface area contributed by atoms with Gasteiger partial charge in [-0.05, 0) is 44.6 Å². The second-order valence-corrected chi connectivity index (χ2v) is 7.81. The fourth-order valence-electron chi connectivity index (χ4n) is 3.91. The zero-order chi connectivity index (χ0) is 20.9. The third kappa shape index (κ3) is 4.82.